The van der Waals surface area contributed by atoms with Gasteiger partial charge in [-0.05, 0) is 22.0 Å². The van der Waals surface area contributed by atoms with Crippen LogP contribution < -0.4 is 4.74 Å². The lowest BCUT2D eigenvalue weighted by Crippen LogP contribution is -1.97. The summed E-state index contributed by atoms with van der Waals surface area (Å²) < 4.78 is 7.67. The van der Waals surface area contributed by atoms with E-state index in [-0.39, 0.29) is 12.3 Å². The third kappa shape index (κ3) is 2.83. The van der Waals surface area contributed by atoms with Gasteiger partial charge in [-0.1, -0.05) is 5.21 Å². The fourth-order valence-electron chi connectivity index (χ4n) is 1.33. The molecule has 1 heterocycles. The summed E-state index contributed by atoms with van der Waals surface area (Å²) in [7, 11) is 1.75. The van der Waals surface area contributed by atoms with Gasteiger partial charge >= 0.3 is 0 Å². The van der Waals surface area contributed by atoms with Crippen LogP contribution in [0, 0.1) is 10.1 Å². The molecule has 2 rings (SSSR count). The van der Waals surface area contributed by atoms with Crippen molar-refractivity contribution in [1.29, 1.82) is 0 Å². The van der Waals surface area contributed by atoms with Crippen LogP contribution >= 0.6 is 15.9 Å². The minimum Gasteiger partial charge on any atom is -0.486 e. The van der Waals surface area contributed by atoms with Gasteiger partial charge in [-0.15, -0.1) is 5.10 Å². The van der Waals surface area contributed by atoms with Crippen LogP contribution in [0.3, 0.4) is 0 Å². The minimum absolute atomic E-state index is 0.0210. The molecule has 1 aromatic heterocycles. The van der Waals surface area contributed by atoms with E-state index < -0.39 is 4.92 Å². The number of nitro groups is 1. The van der Waals surface area contributed by atoms with E-state index in [0.29, 0.717) is 15.9 Å². The van der Waals surface area contributed by atoms with Crippen LogP contribution in [-0.2, 0) is 13.7 Å². The molecule has 7 nitrogen and oxygen atoms in total. The van der Waals surface area contributed by atoms with E-state index in [1.807, 2.05) is 0 Å². The number of ether oxygens (including phenoxy) is 1. The second-order valence-electron chi connectivity index (χ2n) is 3.54. The van der Waals surface area contributed by atoms with Crippen LogP contribution in [0.2, 0.25) is 0 Å². The first kappa shape index (κ1) is 12.5. The number of non-ortho nitro benzene ring substituents is 1. The predicted molar refractivity (Wildman–Crippen MR) is 66.1 cm³/mol. The van der Waals surface area contributed by atoms with Gasteiger partial charge in [0.15, 0.2) is 0 Å². The lowest BCUT2D eigenvalue weighted by Gasteiger charge is -2.05. The number of hydrogen-bond donors (Lipinski definition) is 0. The van der Waals surface area contributed by atoms with E-state index in [4.69, 9.17) is 4.74 Å². The van der Waals surface area contributed by atoms with Crippen LogP contribution in [0.15, 0.2) is 28.9 Å². The van der Waals surface area contributed by atoms with Gasteiger partial charge in [-0.25, -0.2) is 0 Å². The Kier molecular flexibility index (Phi) is 3.56. The van der Waals surface area contributed by atoms with Crippen molar-refractivity contribution in [2.45, 2.75) is 6.61 Å². The van der Waals surface area contributed by atoms with Gasteiger partial charge in [-0.2, -0.15) is 0 Å². The molecule has 0 bridgehead atoms. The molecule has 94 valence electrons. The summed E-state index contributed by atoms with van der Waals surface area (Å²) in [6.07, 6.45) is 1.71. The minimum atomic E-state index is -0.471. The molecule has 0 saturated carbocycles. The van der Waals surface area contributed by atoms with Gasteiger partial charge in [0.25, 0.3) is 5.69 Å². The summed E-state index contributed by atoms with van der Waals surface area (Å²) in [5.74, 6) is 0.398. The van der Waals surface area contributed by atoms with E-state index in [0.717, 1.165) is 0 Å². The third-order valence-electron chi connectivity index (χ3n) is 2.15. The molecule has 0 saturated heterocycles. The highest BCUT2D eigenvalue weighted by Crippen LogP contribution is 2.29. The highest BCUT2D eigenvalue weighted by molar-refractivity contribution is 9.10. The number of rotatable bonds is 4. The zero-order valence-corrected chi connectivity index (χ0v) is 11.0. The fourth-order valence-corrected chi connectivity index (χ4v) is 1.69. The SMILES string of the molecule is Cn1cc(COc2cc([N+](=O)[O-])ccc2Br)nn1. The molecule has 0 N–H and O–H groups in total. The van der Waals surface area contributed by atoms with Crippen molar-refractivity contribution in [1.82, 2.24) is 15.0 Å². The summed E-state index contributed by atoms with van der Waals surface area (Å²) in [5, 5.41) is 18.3. The summed E-state index contributed by atoms with van der Waals surface area (Å²) in [4.78, 5) is 10.2. The highest BCUT2D eigenvalue weighted by atomic mass is 79.9. The van der Waals surface area contributed by atoms with Crippen LogP contribution in [0.25, 0.3) is 0 Å². The number of halogens is 1. The summed E-state index contributed by atoms with van der Waals surface area (Å²) >= 11 is 3.27. The molecular weight excluding hydrogens is 304 g/mol. The number of benzene rings is 1. The van der Waals surface area contributed by atoms with Gasteiger partial charge < -0.3 is 4.74 Å². The molecular formula is C10H9BrN4O3. The van der Waals surface area contributed by atoms with Crippen molar-refractivity contribution in [2.75, 3.05) is 0 Å². The largest absolute Gasteiger partial charge is 0.486 e. The van der Waals surface area contributed by atoms with Gasteiger partial charge in [0.2, 0.25) is 0 Å². The second kappa shape index (κ2) is 5.13. The van der Waals surface area contributed by atoms with Gasteiger partial charge in [-0.3, -0.25) is 14.8 Å². The van der Waals surface area contributed by atoms with Gasteiger partial charge in [0.05, 0.1) is 21.7 Å². The molecule has 18 heavy (non-hydrogen) atoms. The van der Waals surface area contributed by atoms with E-state index in [1.165, 1.54) is 12.1 Å². The Hall–Kier alpha value is -1.96. The molecule has 8 heteroatoms. The first-order valence-electron chi connectivity index (χ1n) is 4.98. The summed E-state index contributed by atoms with van der Waals surface area (Å²) in [6, 6.07) is 4.34. The number of hydrogen-bond acceptors (Lipinski definition) is 5. The first-order valence-corrected chi connectivity index (χ1v) is 5.77. The molecule has 0 radical (unpaired) electrons. The third-order valence-corrected chi connectivity index (χ3v) is 2.81. The molecule has 0 atom stereocenters. The maximum absolute atomic E-state index is 10.7. The molecule has 0 fully saturated rings. The zero-order chi connectivity index (χ0) is 13.1. The zero-order valence-electron chi connectivity index (χ0n) is 9.41. The lowest BCUT2D eigenvalue weighted by molar-refractivity contribution is -0.385. The van der Waals surface area contributed by atoms with Crippen LogP contribution in [0.1, 0.15) is 5.69 Å². The Bertz CT molecular complexity index is 584. The second-order valence-corrected chi connectivity index (χ2v) is 4.40. The summed E-state index contributed by atoms with van der Waals surface area (Å²) in [6.45, 7) is 0.202. The van der Waals surface area contributed by atoms with Crippen molar-refractivity contribution in [2.24, 2.45) is 7.05 Å². The van der Waals surface area contributed by atoms with Gasteiger partial charge in [0.1, 0.15) is 18.1 Å². The quantitative estimate of drug-likeness (QED) is 0.637. The summed E-state index contributed by atoms with van der Waals surface area (Å²) in [5.41, 5.74) is 0.628. The maximum atomic E-state index is 10.7. The predicted octanol–water partition coefficient (Wildman–Crippen LogP) is 2.06. The van der Waals surface area contributed by atoms with Crippen molar-refractivity contribution in [3.8, 4) is 5.75 Å². The van der Waals surface area contributed by atoms with E-state index >= 15 is 0 Å². The molecule has 2 aromatic rings. The van der Waals surface area contributed by atoms with E-state index in [1.54, 1.807) is 24.0 Å². The number of aryl methyl sites for hydroxylation is 1. The average Bonchev–Trinajstić information content (AvgIpc) is 2.74. The number of nitro benzene ring substituents is 1. The molecule has 0 spiro atoms. The Morgan fingerprint density at radius 2 is 2.33 bits per heavy atom. The highest BCUT2D eigenvalue weighted by Gasteiger charge is 2.11. The lowest BCUT2D eigenvalue weighted by atomic mass is 10.3. The Labute approximate surface area is 111 Å². The standard InChI is InChI=1S/C10H9BrN4O3/c1-14-5-7(12-13-14)6-18-10-4-8(15(16)17)2-3-9(10)11/h2-5H,6H2,1H3. The average molecular weight is 313 g/mol. The monoisotopic (exact) mass is 312 g/mol. The molecule has 0 aliphatic heterocycles. The smallest absolute Gasteiger partial charge is 0.273 e. The molecule has 0 amide bonds. The Morgan fingerprint density at radius 1 is 1.56 bits per heavy atom. The maximum Gasteiger partial charge on any atom is 0.273 e. The first-order chi connectivity index (χ1) is 8.56. The number of aromatic nitrogens is 3. The fraction of sp³-hybridized carbons (Fsp3) is 0.200. The Balaban J connectivity index is 2.13. The van der Waals surface area contributed by atoms with Crippen LogP contribution in [-0.4, -0.2) is 19.9 Å². The van der Waals surface area contributed by atoms with Crippen molar-refractivity contribution < 1.29 is 9.66 Å². The molecule has 0 aliphatic carbocycles. The Morgan fingerprint density at radius 3 is 2.94 bits per heavy atom. The molecule has 0 aliphatic rings. The van der Waals surface area contributed by atoms with E-state index in [9.17, 15) is 10.1 Å². The van der Waals surface area contributed by atoms with Crippen molar-refractivity contribution in [3.05, 3.63) is 44.7 Å². The van der Waals surface area contributed by atoms with E-state index in [2.05, 4.69) is 26.2 Å². The van der Waals surface area contributed by atoms with Crippen molar-refractivity contribution >= 4 is 21.6 Å². The van der Waals surface area contributed by atoms with Crippen molar-refractivity contribution in [3.63, 3.8) is 0 Å². The van der Waals surface area contributed by atoms with Gasteiger partial charge in [0, 0.05) is 13.1 Å². The number of nitrogens with zero attached hydrogens (tertiary/aromatic N) is 4. The molecule has 1 aromatic carbocycles. The normalized spacial score (nSPS) is 10.3. The molecule has 0 unspecified atom stereocenters. The van der Waals surface area contributed by atoms with Crippen LogP contribution in [0.4, 0.5) is 5.69 Å². The van der Waals surface area contributed by atoms with Crippen LogP contribution in [0.5, 0.6) is 5.75 Å². The topological polar surface area (TPSA) is 83.1 Å².